The molecule has 0 aromatic heterocycles. The van der Waals surface area contributed by atoms with Crippen molar-refractivity contribution in [3.8, 4) is 17.6 Å². The molecule has 0 saturated heterocycles. The van der Waals surface area contributed by atoms with E-state index in [1.54, 1.807) is 13.0 Å². The van der Waals surface area contributed by atoms with Crippen LogP contribution in [0.15, 0.2) is 18.2 Å². The molecule has 1 aliphatic heterocycles. The van der Waals surface area contributed by atoms with Crippen LogP contribution in [0.25, 0.3) is 0 Å². The molecule has 0 fully saturated rings. The molecule has 0 aliphatic carbocycles. The van der Waals surface area contributed by atoms with Gasteiger partial charge in [-0.3, -0.25) is 4.79 Å². The third-order valence-corrected chi connectivity index (χ3v) is 2.96. The van der Waals surface area contributed by atoms with E-state index >= 15 is 0 Å². The minimum Gasteiger partial charge on any atom is -0.404 e. The summed E-state index contributed by atoms with van der Waals surface area (Å²) in [7, 11) is 0. The molecule has 20 heavy (non-hydrogen) atoms. The number of amides is 1. The van der Waals surface area contributed by atoms with Crippen LogP contribution in [0.2, 0.25) is 0 Å². The summed E-state index contributed by atoms with van der Waals surface area (Å²) in [6.45, 7) is 1.69. The van der Waals surface area contributed by atoms with Crippen LogP contribution in [-0.4, -0.2) is 12.3 Å². The third kappa shape index (κ3) is 3.05. The van der Waals surface area contributed by atoms with E-state index < -0.39 is 12.3 Å². The van der Waals surface area contributed by atoms with Gasteiger partial charge in [0.25, 0.3) is 0 Å². The molecule has 0 bridgehead atoms. The Kier molecular flexibility index (Phi) is 3.89. The maximum absolute atomic E-state index is 12.3. The first-order valence-corrected chi connectivity index (χ1v) is 6.01. The highest BCUT2D eigenvalue weighted by molar-refractivity contribution is 6.04. The number of para-hydroxylation sites is 1. The number of halogens is 3. The molecule has 0 spiro atoms. The highest BCUT2D eigenvalue weighted by Crippen LogP contribution is 2.42. The first kappa shape index (κ1) is 14.3. The molecule has 1 unspecified atom stereocenters. The first-order chi connectivity index (χ1) is 9.42. The molecule has 1 atom stereocenters. The second-order valence-electron chi connectivity index (χ2n) is 4.28. The van der Waals surface area contributed by atoms with Gasteiger partial charge in [-0.25, -0.2) is 0 Å². The zero-order chi connectivity index (χ0) is 14.8. The number of ether oxygens (including phenoxy) is 1. The van der Waals surface area contributed by atoms with Crippen molar-refractivity contribution in [1.82, 2.24) is 0 Å². The summed E-state index contributed by atoms with van der Waals surface area (Å²) in [5.41, 5.74) is 0.624. The van der Waals surface area contributed by atoms with E-state index in [0.717, 1.165) is 0 Å². The highest BCUT2D eigenvalue weighted by Gasteiger charge is 2.37. The van der Waals surface area contributed by atoms with Gasteiger partial charge < -0.3 is 10.1 Å². The summed E-state index contributed by atoms with van der Waals surface area (Å²) < 4.78 is 40.8. The van der Waals surface area contributed by atoms with Crippen molar-refractivity contribution < 1.29 is 22.7 Å². The van der Waals surface area contributed by atoms with Crippen LogP contribution in [0.5, 0.6) is 5.75 Å². The van der Waals surface area contributed by atoms with Gasteiger partial charge in [0, 0.05) is 6.42 Å². The minimum atomic E-state index is -4.79. The van der Waals surface area contributed by atoms with E-state index in [9.17, 15) is 18.0 Å². The smallest absolute Gasteiger partial charge is 0.404 e. The number of nitrogens with one attached hydrogen (secondary N) is 1. The lowest BCUT2D eigenvalue weighted by Crippen LogP contribution is -2.18. The predicted molar refractivity (Wildman–Crippen MR) is 67.2 cm³/mol. The zero-order valence-electron chi connectivity index (χ0n) is 10.7. The molecule has 1 amide bonds. The van der Waals surface area contributed by atoms with E-state index in [4.69, 9.17) is 0 Å². The van der Waals surface area contributed by atoms with Gasteiger partial charge in [-0.1, -0.05) is 12.1 Å². The van der Waals surface area contributed by atoms with Gasteiger partial charge in [0.05, 0.1) is 11.6 Å². The molecule has 2 rings (SSSR count). The van der Waals surface area contributed by atoms with Crippen LogP contribution in [0, 0.1) is 11.8 Å². The van der Waals surface area contributed by atoms with E-state index in [1.807, 2.05) is 0 Å². The molecule has 6 heteroatoms. The summed E-state index contributed by atoms with van der Waals surface area (Å²) in [5, 5.41) is 2.45. The van der Waals surface area contributed by atoms with Gasteiger partial charge in [-0.15, -0.1) is 25.0 Å². The van der Waals surface area contributed by atoms with Crippen molar-refractivity contribution in [1.29, 1.82) is 0 Å². The second kappa shape index (κ2) is 5.45. The second-order valence-corrected chi connectivity index (χ2v) is 4.28. The molecule has 1 aromatic carbocycles. The van der Waals surface area contributed by atoms with Gasteiger partial charge in [0.2, 0.25) is 5.91 Å². The average molecular weight is 283 g/mol. The summed E-state index contributed by atoms with van der Waals surface area (Å²) in [6, 6.07) is 4.25. The maximum Gasteiger partial charge on any atom is 0.573 e. The molecule has 1 aliphatic rings. The molecule has 106 valence electrons. The number of rotatable bonds is 3. The van der Waals surface area contributed by atoms with Crippen molar-refractivity contribution in [3.05, 3.63) is 23.8 Å². The van der Waals surface area contributed by atoms with Gasteiger partial charge in [-0.2, -0.15) is 0 Å². The normalized spacial score (nSPS) is 17.0. The zero-order valence-corrected chi connectivity index (χ0v) is 10.7. The largest absolute Gasteiger partial charge is 0.573 e. The molecule has 1 N–H and O–H groups in total. The monoisotopic (exact) mass is 283 g/mol. The Morgan fingerprint density at radius 2 is 2.15 bits per heavy atom. The lowest BCUT2D eigenvalue weighted by atomic mass is 9.95. The molecule has 3 nitrogen and oxygen atoms in total. The van der Waals surface area contributed by atoms with E-state index in [-0.39, 0.29) is 17.3 Å². The fourth-order valence-corrected chi connectivity index (χ4v) is 2.16. The summed E-state index contributed by atoms with van der Waals surface area (Å²) in [5.74, 6) is 4.37. The van der Waals surface area contributed by atoms with Crippen molar-refractivity contribution in [2.75, 3.05) is 5.32 Å². The van der Waals surface area contributed by atoms with Crippen LogP contribution in [0.4, 0.5) is 18.9 Å². The molecular weight excluding hydrogens is 271 g/mol. The fraction of sp³-hybridized carbons (Fsp3) is 0.357. The maximum atomic E-state index is 12.3. The van der Waals surface area contributed by atoms with E-state index in [0.29, 0.717) is 18.4 Å². The Bertz CT molecular complexity index is 584. The van der Waals surface area contributed by atoms with Crippen molar-refractivity contribution in [3.63, 3.8) is 0 Å². The van der Waals surface area contributed by atoms with E-state index in [1.165, 1.54) is 12.1 Å². The van der Waals surface area contributed by atoms with Gasteiger partial charge in [-0.05, 0) is 25.0 Å². The van der Waals surface area contributed by atoms with Crippen LogP contribution < -0.4 is 10.1 Å². The molecule has 0 saturated carbocycles. The number of carbonyl (C=O) groups is 1. The number of hydrogen-bond donors (Lipinski definition) is 1. The van der Waals surface area contributed by atoms with Crippen molar-refractivity contribution in [2.45, 2.75) is 32.0 Å². The number of hydrogen-bond acceptors (Lipinski definition) is 2. The number of fused-ring (bicyclic) bond motifs is 1. The quantitative estimate of drug-likeness (QED) is 0.863. The first-order valence-electron chi connectivity index (χ1n) is 6.01. The van der Waals surface area contributed by atoms with Crippen LogP contribution >= 0.6 is 0 Å². The Morgan fingerprint density at radius 3 is 2.80 bits per heavy atom. The number of anilines is 1. The SMILES string of the molecule is CC#CCCC1C(=O)Nc2c(OC(F)(F)F)cccc21. The topological polar surface area (TPSA) is 38.3 Å². The van der Waals surface area contributed by atoms with E-state index in [2.05, 4.69) is 21.9 Å². The third-order valence-electron chi connectivity index (χ3n) is 2.96. The summed E-state index contributed by atoms with van der Waals surface area (Å²) >= 11 is 0. The van der Waals surface area contributed by atoms with Gasteiger partial charge in [0.15, 0.2) is 5.75 Å². The average Bonchev–Trinajstić information content (AvgIpc) is 2.66. The van der Waals surface area contributed by atoms with Crippen LogP contribution in [-0.2, 0) is 4.79 Å². The van der Waals surface area contributed by atoms with Gasteiger partial charge in [0.1, 0.15) is 0 Å². The lowest BCUT2D eigenvalue weighted by Gasteiger charge is -2.12. The van der Waals surface area contributed by atoms with Gasteiger partial charge >= 0.3 is 6.36 Å². The molecular formula is C14H12F3NO2. The molecule has 1 heterocycles. The molecule has 0 radical (unpaired) electrons. The van der Waals surface area contributed by atoms with Crippen LogP contribution in [0.3, 0.4) is 0 Å². The number of carbonyl (C=O) groups excluding carboxylic acids is 1. The Balaban J connectivity index is 2.27. The highest BCUT2D eigenvalue weighted by atomic mass is 19.4. The summed E-state index contributed by atoms with van der Waals surface area (Å²) in [4.78, 5) is 11.8. The number of benzene rings is 1. The van der Waals surface area contributed by atoms with Crippen molar-refractivity contribution in [2.24, 2.45) is 0 Å². The number of alkyl halides is 3. The lowest BCUT2D eigenvalue weighted by molar-refractivity contribution is -0.274. The Labute approximate surface area is 114 Å². The summed E-state index contributed by atoms with van der Waals surface area (Å²) in [6.07, 6.45) is -3.81. The Morgan fingerprint density at radius 1 is 1.40 bits per heavy atom. The van der Waals surface area contributed by atoms with Crippen molar-refractivity contribution >= 4 is 11.6 Å². The minimum absolute atomic E-state index is 0.101. The Hall–Kier alpha value is -2.16. The standard InChI is InChI=1S/C14H12F3NO2/c1-2-3-4-6-10-9-7-5-8-11(20-14(15,16)17)12(9)18-13(10)19/h5,7-8,10H,4,6H2,1H3,(H,18,19). The predicted octanol–water partition coefficient (Wildman–Crippen LogP) is 3.42. The molecule has 1 aromatic rings. The fourth-order valence-electron chi connectivity index (χ4n) is 2.16. The van der Waals surface area contributed by atoms with Crippen LogP contribution in [0.1, 0.15) is 31.2 Å².